The van der Waals surface area contributed by atoms with Crippen molar-refractivity contribution in [2.24, 2.45) is 0 Å². The van der Waals surface area contributed by atoms with E-state index in [-0.39, 0.29) is 11.3 Å². The molecule has 0 atom stereocenters. The third-order valence-electron chi connectivity index (χ3n) is 2.43. The highest BCUT2D eigenvalue weighted by Gasteiger charge is 2.15. The number of benzene rings is 2. The first-order valence-electron chi connectivity index (χ1n) is 5.04. The van der Waals surface area contributed by atoms with Crippen molar-refractivity contribution in [3.8, 4) is 0 Å². The van der Waals surface area contributed by atoms with Gasteiger partial charge in [0, 0.05) is 10.0 Å². The van der Waals surface area contributed by atoms with E-state index in [4.69, 9.17) is 17.3 Å². The molecule has 2 rings (SSSR count). The molecule has 92 valence electrons. The molecular formula is C13H8BrClFNO. The Labute approximate surface area is 117 Å². The summed E-state index contributed by atoms with van der Waals surface area (Å²) in [4.78, 5) is 12.1. The van der Waals surface area contributed by atoms with Gasteiger partial charge in [0.15, 0.2) is 5.78 Å². The summed E-state index contributed by atoms with van der Waals surface area (Å²) in [7, 11) is 0. The molecule has 0 aliphatic heterocycles. The minimum absolute atomic E-state index is 0.00824. The van der Waals surface area contributed by atoms with Crippen molar-refractivity contribution in [2.45, 2.75) is 0 Å². The van der Waals surface area contributed by atoms with Gasteiger partial charge < -0.3 is 5.73 Å². The molecule has 0 saturated heterocycles. The van der Waals surface area contributed by atoms with E-state index in [1.807, 2.05) is 0 Å². The molecule has 18 heavy (non-hydrogen) atoms. The summed E-state index contributed by atoms with van der Waals surface area (Å²) in [5, 5.41) is 0.362. The van der Waals surface area contributed by atoms with Crippen LogP contribution in [-0.4, -0.2) is 5.78 Å². The fourth-order valence-corrected chi connectivity index (χ4v) is 1.99. The smallest absolute Gasteiger partial charge is 0.196 e. The van der Waals surface area contributed by atoms with Gasteiger partial charge in [0.25, 0.3) is 0 Å². The van der Waals surface area contributed by atoms with E-state index in [0.29, 0.717) is 15.1 Å². The molecule has 0 aliphatic rings. The Hall–Kier alpha value is -1.39. The van der Waals surface area contributed by atoms with Crippen LogP contribution in [0.1, 0.15) is 15.9 Å². The maximum Gasteiger partial charge on any atom is 0.196 e. The van der Waals surface area contributed by atoms with Crippen LogP contribution in [0.5, 0.6) is 0 Å². The second-order valence-corrected chi connectivity index (χ2v) is 5.01. The zero-order chi connectivity index (χ0) is 13.3. The van der Waals surface area contributed by atoms with E-state index in [9.17, 15) is 9.18 Å². The number of ketones is 1. The second kappa shape index (κ2) is 5.08. The monoisotopic (exact) mass is 327 g/mol. The van der Waals surface area contributed by atoms with Crippen LogP contribution >= 0.6 is 27.5 Å². The summed E-state index contributed by atoms with van der Waals surface area (Å²) in [6.07, 6.45) is 0. The Kier molecular flexibility index (Phi) is 3.68. The van der Waals surface area contributed by atoms with Crippen LogP contribution < -0.4 is 5.73 Å². The number of hydrogen-bond donors (Lipinski definition) is 1. The van der Waals surface area contributed by atoms with E-state index in [2.05, 4.69) is 15.9 Å². The molecule has 0 unspecified atom stereocenters. The fraction of sp³-hybridized carbons (Fsp3) is 0. The molecule has 5 heteroatoms. The average molecular weight is 329 g/mol. The Morgan fingerprint density at radius 1 is 1.22 bits per heavy atom. The summed E-state index contributed by atoms with van der Waals surface area (Å²) < 4.78 is 14.2. The molecule has 0 saturated carbocycles. The van der Waals surface area contributed by atoms with E-state index >= 15 is 0 Å². The lowest BCUT2D eigenvalue weighted by molar-refractivity contribution is 0.103. The lowest BCUT2D eigenvalue weighted by atomic mass is 10.0. The number of nitrogen functional groups attached to an aromatic ring is 1. The molecule has 2 aromatic rings. The molecule has 0 aliphatic carbocycles. The van der Waals surface area contributed by atoms with E-state index < -0.39 is 11.6 Å². The van der Waals surface area contributed by atoms with E-state index in [1.165, 1.54) is 36.4 Å². The first kappa shape index (κ1) is 13.1. The number of halogens is 3. The summed E-state index contributed by atoms with van der Waals surface area (Å²) in [5.41, 5.74) is 6.20. The minimum atomic E-state index is -0.572. The zero-order valence-corrected chi connectivity index (χ0v) is 11.4. The van der Waals surface area contributed by atoms with Gasteiger partial charge in [-0.3, -0.25) is 4.79 Å². The lowest BCUT2D eigenvalue weighted by Crippen LogP contribution is -2.05. The van der Waals surface area contributed by atoms with Gasteiger partial charge in [0.05, 0.1) is 16.3 Å². The number of anilines is 1. The highest BCUT2D eigenvalue weighted by Crippen LogP contribution is 2.23. The fourth-order valence-electron chi connectivity index (χ4n) is 1.51. The Morgan fingerprint density at radius 3 is 2.61 bits per heavy atom. The zero-order valence-electron chi connectivity index (χ0n) is 9.08. The first-order valence-corrected chi connectivity index (χ1v) is 6.21. The van der Waals surface area contributed by atoms with Crippen LogP contribution in [0.2, 0.25) is 5.02 Å². The normalized spacial score (nSPS) is 10.4. The molecule has 0 heterocycles. The third kappa shape index (κ3) is 2.54. The van der Waals surface area contributed by atoms with Crippen LogP contribution in [0, 0.1) is 5.82 Å². The first-order chi connectivity index (χ1) is 8.49. The van der Waals surface area contributed by atoms with E-state index in [1.54, 1.807) is 0 Å². The summed E-state index contributed by atoms with van der Waals surface area (Å²) >= 11 is 8.97. The average Bonchev–Trinajstić information content (AvgIpc) is 2.35. The number of rotatable bonds is 2. The number of nitrogens with two attached hydrogens (primary N) is 1. The quantitative estimate of drug-likeness (QED) is 0.667. The highest BCUT2D eigenvalue weighted by molar-refractivity contribution is 9.10. The number of hydrogen-bond acceptors (Lipinski definition) is 2. The molecule has 2 nitrogen and oxygen atoms in total. The van der Waals surface area contributed by atoms with Crippen molar-refractivity contribution in [3.05, 3.63) is 62.8 Å². The summed E-state index contributed by atoms with van der Waals surface area (Å²) in [6, 6.07) is 8.66. The molecule has 0 aromatic heterocycles. The van der Waals surface area contributed by atoms with Crippen molar-refractivity contribution in [3.63, 3.8) is 0 Å². The topological polar surface area (TPSA) is 43.1 Å². The largest absolute Gasteiger partial charge is 0.398 e. The van der Waals surface area contributed by atoms with Gasteiger partial charge in [-0.25, -0.2) is 4.39 Å². The van der Waals surface area contributed by atoms with Crippen LogP contribution in [-0.2, 0) is 0 Å². The van der Waals surface area contributed by atoms with Gasteiger partial charge in [-0.05, 0) is 36.4 Å². The van der Waals surface area contributed by atoms with Crippen LogP contribution in [0.15, 0.2) is 40.9 Å². The van der Waals surface area contributed by atoms with Crippen molar-refractivity contribution in [2.75, 3.05) is 5.73 Å². The van der Waals surface area contributed by atoms with Crippen LogP contribution in [0.25, 0.3) is 0 Å². The molecule has 0 fully saturated rings. The summed E-state index contributed by atoms with van der Waals surface area (Å²) in [5.74, 6) is -1.01. The number of carbonyl (C=O) groups excluding carboxylic acids is 1. The molecule has 2 aromatic carbocycles. The van der Waals surface area contributed by atoms with Gasteiger partial charge in [-0.15, -0.1) is 0 Å². The van der Waals surface area contributed by atoms with Gasteiger partial charge in [0.1, 0.15) is 5.82 Å². The van der Waals surface area contributed by atoms with Crippen molar-refractivity contribution in [1.82, 2.24) is 0 Å². The van der Waals surface area contributed by atoms with E-state index in [0.717, 1.165) is 0 Å². The third-order valence-corrected chi connectivity index (χ3v) is 3.27. The Morgan fingerprint density at radius 2 is 1.94 bits per heavy atom. The second-order valence-electron chi connectivity index (χ2n) is 3.69. The van der Waals surface area contributed by atoms with Crippen molar-refractivity contribution in [1.29, 1.82) is 0 Å². The SMILES string of the molecule is Nc1cc(C(=O)c2cc(Br)ccc2F)ccc1Cl. The standard InChI is InChI=1S/C13H8BrClFNO/c14-8-2-4-11(16)9(6-8)13(18)7-1-3-10(15)12(17)5-7/h1-6H,17H2. The predicted molar refractivity (Wildman–Crippen MR) is 73.4 cm³/mol. The molecule has 0 spiro atoms. The maximum absolute atomic E-state index is 13.6. The molecule has 0 radical (unpaired) electrons. The summed E-state index contributed by atoms with van der Waals surface area (Å²) in [6.45, 7) is 0. The van der Waals surface area contributed by atoms with Crippen LogP contribution in [0.4, 0.5) is 10.1 Å². The van der Waals surface area contributed by atoms with Gasteiger partial charge in [-0.2, -0.15) is 0 Å². The molecule has 0 bridgehead atoms. The van der Waals surface area contributed by atoms with Gasteiger partial charge >= 0.3 is 0 Å². The molecular weight excluding hydrogens is 321 g/mol. The van der Waals surface area contributed by atoms with Crippen molar-refractivity contribution >= 4 is 39.0 Å². The van der Waals surface area contributed by atoms with Crippen molar-refractivity contribution < 1.29 is 9.18 Å². The number of carbonyl (C=O) groups is 1. The minimum Gasteiger partial charge on any atom is -0.398 e. The maximum atomic E-state index is 13.6. The van der Waals surface area contributed by atoms with Gasteiger partial charge in [0.2, 0.25) is 0 Å². The Balaban J connectivity index is 2.47. The predicted octanol–water partition coefficient (Wildman–Crippen LogP) is 4.05. The molecule has 2 N–H and O–H groups in total. The lowest BCUT2D eigenvalue weighted by Gasteiger charge is -2.05. The molecule has 0 amide bonds. The van der Waals surface area contributed by atoms with Crippen LogP contribution in [0.3, 0.4) is 0 Å². The Bertz CT molecular complexity index is 630. The highest BCUT2D eigenvalue weighted by atomic mass is 79.9. The van der Waals surface area contributed by atoms with Gasteiger partial charge in [-0.1, -0.05) is 27.5 Å².